The Morgan fingerprint density at radius 3 is 1.74 bits per heavy atom. The quantitative estimate of drug-likeness (QED) is 0.650. The lowest BCUT2D eigenvalue weighted by atomic mass is 9.94. The highest BCUT2D eigenvalue weighted by atomic mass is 16.7. The Morgan fingerprint density at radius 1 is 0.826 bits per heavy atom. The van der Waals surface area contributed by atoms with Crippen molar-refractivity contribution in [2.75, 3.05) is 0 Å². The lowest BCUT2D eigenvalue weighted by Crippen LogP contribution is -2.68. The van der Waals surface area contributed by atoms with Gasteiger partial charge in [0.05, 0.1) is 12.1 Å². The summed E-state index contributed by atoms with van der Waals surface area (Å²) in [6.07, 6.45) is -2.70. The maximum Gasteiger partial charge on any atom is 0.305 e. The Hall–Kier alpha value is -2.16. The largest absolute Gasteiger partial charge is 0.458 e. The van der Waals surface area contributed by atoms with E-state index in [4.69, 9.17) is 14.2 Å². The molecule has 0 saturated carbocycles. The Kier molecular flexibility index (Phi) is 6.49. The first-order valence-corrected chi connectivity index (χ1v) is 7.16. The molecule has 0 bridgehead atoms. The summed E-state index contributed by atoms with van der Waals surface area (Å²) in [5.41, 5.74) is 0. The first kappa shape index (κ1) is 18.9. The maximum atomic E-state index is 11.5. The van der Waals surface area contributed by atoms with Crippen molar-refractivity contribution in [3.63, 3.8) is 0 Å². The van der Waals surface area contributed by atoms with Crippen LogP contribution in [0.4, 0.5) is 0 Å². The molecule has 23 heavy (non-hydrogen) atoms. The van der Waals surface area contributed by atoms with E-state index in [0.717, 1.165) is 0 Å². The third-order valence-electron chi connectivity index (χ3n) is 3.18. The van der Waals surface area contributed by atoms with E-state index in [-0.39, 0.29) is 5.91 Å². The minimum absolute atomic E-state index is 0.352. The molecule has 0 aromatic carbocycles. The molecular weight excluding hydrogens is 308 g/mol. The van der Waals surface area contributed by atoms with E-state index < -0.39 is 48.4 Å². The van der Waals surface area contributed by atoms with Gasteiger partial charge in [0.15, 0.2) is 6.10 Å². The normalized spacial score (nSPS) is 30.0. The van der Waals surface area contributed by atoms with Crippen LogP contribution in [0, 0.1) is 0 Å². The van der Waals surface area contributed by atoms with Gasteiger partial charge in [-0.25, -0.2) is 0 Å². The van der Waals surface area contributed by atoms with Gasteiger partial charge in [0.1, 0.15) is 6.04 Å². The number of amides is 2. The van der Waals surface area contributed by atoms with E-state index in [2.05, 4.69) is 10.6 Å². The number of carbonyl (C=O) groups excluding carboxylic acids is 4. The lowest BCUT2D eigenvalue weighted by Gasteiger charge is -2.44. The second kappa shape index (κ2) is 7.91. The molecule has 0 aromatic rings. The second-order valence-corrected chi connectivity index (χ2v) is 5.35. The molecule has 1 aliphatic heterocycles. The fourth-order valence-electron chi connectivity index (χ4n) is 2.45. The summed E-state index contributed by atoms with van der Waals surface area (Å²) in [6.45, 7) is 6.61. The Labute approximate surface area is 134 Å². The number of carbonyl (C=O) groups is 4. The number of nitrogens with one attached hydrogen (secondary N) is 2. The van der Waals surface area contributed by atoms with Crippen molar-refractivity contribution in [3.05, 3.63) is 0 Å². The molecule has 0 radical (unpaired) electrons. The summed E-state index contributed by atoms with van der Waals surface area (Å²) < 4.78 is 15.9. The highest BCUT2D eigenvalue weighted by Gasteiger charge is 2.48. The lowest BCUT2D eigenvalue weighted by molar-refractivity contribution is -0.236. The summed E-state index contributed by atoms with van der Waals surface area (Å²) in [5, 5.41) is 5.18. The average Bonchev–Trinajstić information content (AvgIpc) is 2.36. The van der Waals surface area contributed by atoms with Gasteiger partial charge in [-0.15, -0.1) is 0 Å². The van der Waals surface area contributed by atoms with Gasteiger partial charge >= 0.3 is 11.9 Å². The van der Waals surface area contributed by atoms with Crippen LogP contribution in [0.15, 0.2) is 0 Å². The summed E-state index contributed by atoms with van der Waals surface area (Å²) in [7, 11) is 0. The van der Waals surface area contributed by atoms with Crippen LogP contribution in [0.3, 0.4) is 0 Å². The van der Waals surface area contributed by atoms with Crippen molar-refractivity contribution >= 4 is 23.8 Å². The molecule has 130 valence electrons. The molecule has 0 spiro atoms. The molecule has 1 rings (SSSR count). The molecular formula is C14H22N2O7. The second-order valence-electron chi connectivity index (χ2n) is 5.35. The topological polar surface area (TPSA) is 120 Å². The maximum absolute atomic E-state index is 11.5. The van der Waals surface area contributed by atoms with Crippen molar-refractivity contribution in [3.8, 4) is 0 Å². The predicted octanol–water partition coefficient (Wildman–Crippen LogP) is -0.765. The van der Waals surface area contributed by atoms with Gasteiger partial charge in [0.25, 0.3) is 0 Å². The number of ether oxygens (including phenoxy) is 3. The molecule has 1 aliphatic rings. The Morgan fingerprint density at radius 2 is 1.30 bits per heavy atom. The minimum Gasteiger partial charge on any atom is -0.458 e. The van der Waals surface area contributed by atoms with Crippen molar-refractivity contribution in [1.82, 2.24) is 10.6 Å². The van der Waals surface area contributed by atoms with Crippen LogP contribution in [-0.4, -0.2) is 54.3 Å². The smallest absolute Gasteiger partial charge is 0.305 e. The van der Waals surface area contributed by atoms with Gasteiger partial charge in [0, 0.05) is 27.7 Å². The van der Waals surface area contributed by atoms with Gasteiger partial charge in [-0.3, -0.25) is 19.2 Å². The van der Waals surface area contributed by atoms with Crippen LogP contribution in [0.5, 0.6) is 0 Å². The van der Waals surface area contributed by atoms with E-state index in [1.807, 2.05) is 0 Å². The molecule has 1 fully saturated rings. The molecule has 0 aliphatic carbocycles. The average molecular weight is 330 g/mol. The van der Waals surface area contributed by atoms with E-state index in [9.17, 15) is 19.2 Å². The van der Waals surface area contributed by atoms with Crippen molar-refractivity contribution < 1.29 is 33.4 Å². The molecule has 9 nitrogen and oxygen atoms in total. The number of esters is 2. The van der Waals surface area contributed by atoms with Crippen LogP contribution in [0.2, 0.25) is 0 Å². The zero-order valence-corrected chi connectivity index (χ0v) is 13.7. The Balaban J connectivity index is 3.15. The third-order valence-corrected chi connectivity index (χ3v) is 3.18. The first-order valence-electron chi connectivity index (χ1n) is 7.16. The van der Waals surface area contributed by atoms with Crippen LogP contribution in [0.1, 0.15) is 34.6 Å². The number of rotatable bonds is 4. The molecule has 9 heteroatoms. The standard InChI is InChI=1S/C14H22N2O7/c1-6-11(15-7(2)17)13(22-9(4)19)12(16-8(3)18)14(21-6)23-10(5)20/h6,11-14H,1-5H3,(H,15,17)(H,16,18)/t6-,11-,12-,13+,14?/m1/s1. The molecule has 0 aromatic heterocycles. The van der Waals surface area contributed by atoms with Crippen molar-refractivity contribution in [2.45, 2.75) is 65.2 Å². The molecule has 1 saturated heterocycles. The summed E-state index contributed by atoms with van der Waals surface area (Å²) in [6, 6.07) is -1.66. The highest BCUT2D eigenvalue weighted by molar-refractivity contribution is 5.75. The highest BCUT2D eigenvalue weighted by Crippen LogP contribution is 2.25. The van der Waals surface area contributed by atoms with Gasteiger partial charge in [-0.2, -0.15) is 0 Å². The molecule has 5 atom stereocenters. The number of hydrogen-bond acceptors (Lipinski definition) is 7. The zero-order chi connectivity index (χ0) is 17.7. The molecule has 2 N–H and O–H groups in total. The van der Waals surface area contributed by atoms with Gasteiger partial charge in [-0.1, -0.05) is 0 Å². The van der Waals surface area contributed by atoms with E-state index in [0.29, 0.717) is 0 Å². The zero-order valence-electron chi connectivity index (χ0n) is 13.7. The fourth-order valence-corrected chi connectivity index (χ4v) is 2.45. The van der Waals surface area contributed by atoms with Gasteiger partial charge < -0.3 is 24.8 Å². The van der Waals surface area contributed by atoms with Crippen LogP contribution >= 0.6 is 0 Å². The Bertz CT molecular complexity index is 494. The number of hydrogen-bond donors (Lipinski definition) is 2. The summed E-state index contributed by atoms with van der Waals surface area (Å²) >= 11 is 0. The third kappa shape index (κ3) is 5.51. The van der Waals surface area contributed by atoms with E-state index in [1.54, 1.807) is 6.92 Å². The molecule has 1 unspecified atom stereocenters. The van der Waals surface area contributed by atoms with Crippen molar-refractivity contribution in [2.24, 2.45) is 0 Å². The van der Waals surface area contributed by atoms with Crippen molar-refractivity contribution in [1.29, 1.82) is 0 Å². The van der Waals surface area contributed by atoms with Gasteiger partial charge in [0.2, 0.25) is 18.1 Å². The van der Waals surface area contributed by atoms with Crippen LogP contribution in [-0.2, 0) is 33.4 Å². The van der Waals surface area contributed by atoms with Crippen LogP contribution in [0.25, 0.3) is 0 Å². The van der Waals surface area contributed by atoms with Crippen LogP contribution < -0.4 is 10.6 Å². The summed E-state index contributed by atoms with van der Waals surface area (Å²) in [5.74, 6) is -1.99. The van der Waals surface area contributed by atoms with E-state index in [1.165, 1.54) is 27.7 Å². The molecule has 1 heterocycles. The van der Waals surface area contributed by atoms with E-state index >= 15 is 0 Å². The summed E-state index contributed by atoms with van der Waals surface area (Å²) in [4.78, 5) is 45.5. The SMILES string of the molecule is CC(=O)N[C@H]1[C@H](OC(C)=O)[C@@H](NC(C)=O)C(OC(C)=O)O[C@@H]1C. The minimum atomic E-state index is -1.14. The fraction of sp³-hybridized carbons (Fsp3) is 0.714. The predicted molar refractivity (Wildman–Crippen MR) is 76.9 cm³/mol. The first-order chi connectivity index (χ1) is 10.6. The molecule has 2 amide bonds. The van der Waals surface area contributed by atoms with Gasteiger partial charge in [-0.05, 0) is 6.92 Å². The monoisotopic (exact) mass is 330 g/mol.